The number of nitrogens with one attached hydrogen (secondary N) is 2. The lowest BCUT2D eigenvalue weighted by Gasteiger charge is -2.18. The molecule has 0 bridgehead atoms. The molecular weight excluding hydrogens is 196 g/mol. The minimum Gasteiger partial charge on any atom is -0.324 e. The summed E-state index contributed by atoms with van der Waals surface area (Å²) in [6.45, 7) is 0.737. The van der Waals surface area contributed by atoms with Gasteiger partial charge in [-0.25, -0.2) is 0 Å². The smallest absolute Gasteiger partial charge is 0.246 e. The van der Waals surface area contributed by atoms with E-state index in [4.69, 9.17) is 0 Å². The summed E-state index contributed by atoms with van der Waals surface area (Å²) in [7, 11) is 0. The van der Waals surface area contributed by atoms with Crippen molar-refractivity contribution in [3.63, 3.8) is 0 Å². The molecule has 0 aromatic heterocycles. The zero-order valence-electron chi connectivity index (χ0n) is 7.54. The molecule has 2 aliphatic rings. The van der Waals surface area contributed by atoms with Gasteiger partial charge < -0.3 is 10.6 Å². The van der Waals surface area contributed by atoms with Crippen LogP contribution in [0.25, 0.3) is 0 Å². The van der Waals surface area contributed by atoms with Gasteiger partial charge in [-0.15, -0.1) is 11.8 Å². The number of carbonyl (C=O) groups is 1. The van der Waals surface area contributed by atoms with Gasteiger partial charge in [0.2, 0.25) is 5.91 Å². The highest BCUT2D eigenvalue weighted by atomic mass is 32.2. The molecule has 3 nitrogen and oxygen atoms in total. The second-order valence-corrected chi connectivity index (χ2v) is 4.82. The average molecular weight is 206 g/mol. The fourth-order valence-electron chi connectivity index (χ4n) is 2.06. The van der Waals surface area contributed by atoms with Gasteiger partial charge in [0.1, 0.15) is 4.75 Å². The molecule has 1 aromatic carbocycles. The van der Waals surface area contributed by atoms with E-state index in [-0.39, 0.29) is 10.7 Å². The zero-order valence-corrected chi connectivity index (χ0v) is 8.36. The van der Waals surface area contributed by atoms with Crippen LogP contribution in [0.2, 0.25) is 0 Å². The van der Waals surface area contributed by atoms with Gasteiger partial charge in [-0.2, -0.15) is 0 Å². The Labute approximate surface area is 86.3 Å². The highest BCUT2D eigenvalue weighted by molar-refractivity contribution is 8.01. The van der Waals surface area contributed by atoms with Crippen LogP contribution in [0.4, 0.5) is 5.69 Å². The van der Waals surface area contributed by atoms with Gasteiger partial charge in [0.15, 0.2) is 0 Å². The van der Waals surface area contributed by atoms with Crippen molar-refractivity contribution in [1.82, 2.24) is 5.32 Å². The Morgan fingerprint density at radius 3 is 3.00 bits per heavy atom. The standard InChI is InChI=1S/C10H10N2OS/c13-9-10(5-11-6-14-10)7-3-1-2-4-8(7)12-9/h1-4,11H,5-6H2,(H,12,13)/t10-/m1/s1. The summed E-state index contributed by atoms with van der Waals surface area (Å²) in [5, 5.41) is 6.16. The van der Waals surface area contributed by atoms with Crippen LogP contribution in [0, 0.1) is 0 Å². The Balaban J connectivity index is 2.18. The maximum absolute atomic E-state index is 11.9. The lowest BCUT2D eigenvalue weighted by molar-refractivity contribution is -0.117. The van der Waals surface area contributed by atoms with Gasteiger partial charge in [-0.1, -0.05) is 18.2 Å². The molecule has 2 aliphatic heterocycles. The van der Waals surface area contributed by atoms with E-state index >= 15 is 0 Å². The Hall–Kier alpha value is -1.00. The van der Waals surface area contributed by atoms with E-state index in [0.29, 0.717) is 0 Å². The molecule has 2 N–H and O–H groups in total. The number of hydrogen-bond acceptors (Lipinski definition) is 3. The van der Waals surface area contributed by atoms with Crippen LogP contribution in [-0.2, 0) is 9.54 Å². The van der Waals surface area contributed by atoms with Gasteiger partial charge in [-0.05, 0) is 6.07 Å². The first-order chi connectivity index (χ1) is 6.83. The van der Waals surface area contributed by atoms with Crippen molar-refractivity contribution in [2.45, 2.75) is 4.75 Å². The minimum atomic E-state index is -0.364. The fraction of sp³-hybridized carbons (Fsp3) is 0.300. The van der Waals surface area contributed by atoms with E-state index in [1.807, 2.05) is 24.3 Å². The van der Waals surface area contributed by atoms with E-state index in [2.05, 4.69) is 10.6 Å². The molecule has 3 rings (SSSR count). The minimum absolute atomic E-state index is 0.119. The van der Waals surface area contributed by atoms with Gasteiger partial charge >= 0.3 is 0 Å². The van der Waals surface area contributed by atoms with Crippen molar-refractivity contribution >= 4 is 23.4 Å². The molecule has 2 heterocycles. The van der Waals surface area contributed by atoms with Crippen LogP contribution in [0.1, 0.15) is 5.56 Å². The molecule has 1 amide bonds. The predicted octanol–water partition coefficient (Wildman–Crippen LogP) is 1.13. The van der Waals surface area contributed by atoms with E-state index < -0.39 is 0 Å². The van der Waals surface area contributed by atoms with E-state index in [9.17, 15) is 4.79 Å². The number of anilines is 1. The number of rotatable bonds is 0. The molecule has 1 spiro atoms. The quantitative estimate of drug-likeness (QED) is 0.668. The van der Waals surface area contributed by atoms with Crippen molar-refractivity contribution in [2.75, 3.05) is 17.7 Å². The van der Waals surface area contributed by atoms with Gasteiger partial charge in [0.05, 0.1) is 0 Å². The van der Waals surface area contributed by atoms with Crippen LogP contribution >= 0.6 is 11.8 Å². The molecule has 0 saturated carbocycles. The molecule has 14 heavy (non-hydrogen) atoms. The summed E-state index contributed by atoms with van der Waals surface area (Å²) >= 11 is 1.68. The number of amides is 1. The molecule has 0 radical (unpaired) electrons. The fourth-order valence-corrected chi connectivity index (χ4v) is 3.23. The first-order valence-electron chi connectivity index (χ1n) is 4.58. The van der Waals surface area contributed by atoms with Crippen molar-refractivity contribution in [3.8, 4) is 0 Å². The zero-order chi connectivity index (χ0) is 9.60. The number of fused-ring (bicyclic) bond motifs is 2. The largest absolute Gasteiger partial charge is 0.324 e. The third-order valence-electron chi connectivity index (χ3n) is 2.77. The number of carbonyl (C=O) groups excluding carboxylic acids is 1. The molecule has 4 heteroatoms. The first-order valence-corrected chi connectivity index (χ1v) is 5.57. The monoisotopic (exact) mass is 206 g/mol. The number of hydrogen-bond donors (Lipinski definition) is 2. The van der Waals surface area contributed by atoms with E-state index in [1.165, 1.54) is 0 Å². The van der Waals surface area contributed by atoms with Crippen molar-refractivity contribution in [3.05, 3.63) is 29.8 Å². The molecule has 0 aliphatic carbocycles. The van der Waals surface area contributed by atoms with Gasteiger partial charge in [0.25, 0.3) is 0 Å². The summed E-state index contributed by atoms with van der Waals surface area (Å²) in [5.74, 6) is 0.968. The first kappa shape index (κ1) is 8.32. The van der Waals surface area contributed by atoms with Crippen LogP contribution in [0.3, 0.4) is 0 Å². The normalized spacial score (nSPS) is 29.3. The maximum atomic E-state index is 11.9. The summed E-state index contributed by atoms with van der Waals surface area (Å²) in [6.07, 6.45) is 0. The number of benzene rings is 1. The van der Waals surface area contributed by atoms with Crippen molar-refractivity contribution in [1.29, 1.82) is 0 Å². The molecule has 0 unspecified atom stereocenters. The van der Waals surface area contributed by atoms with E-state index in [0.717, 1.165) is 23.7 Å². The topological polar surface area (TPSA) is 41.1 Å². The van der Waals surface area contributed by atoms with Crippen LogP contribution in [-0.4, -0.2) is 18.3 Å². The van der Waals surface area contributed by atoms with Gasteiger partial charge in [-0.3, -0.25) is 4.79 Å². The van der Waals surface area contributed by atoms with Crippen molar-refractivity contribution < 1.29 is 4.79 Å². The van der Waals surface area contributed by atoms with E-state index in [1.54, 1.807) is 11.8 Å². The highest BCUT2D eigenvalue weighted by Gasteiger charge is 2.49. The molecule has 1 atom stereocenters. The number of thioether (sulfide) groups is 1. The second kappa shape index (κ2) is 2.74. The molecule has 1 aromatic rings. The highest BCUT2D eigenvalue weighted by Crippen LogP contribution is 2.47. The SMILES string of the molecule is O=C1Nc2ccccc2[C@]12CNCS2. The Bertz CT molecular complexity index is 399. The maximum Gasteiger partial charge on any atom is 0.246 e. The Morgan fingerprint density at radius 2 is 2.21 bits per heavy atom. The summed E-state index contributed by atoms with van der Waals surface area (Å²) in [4.78, 5) is 11.9. The summed E-state index contributed by atoms with van der Waals surface area (Å²) in [5.41, 5.74) is 2.09. The number of para-hydroxylation sites is 1. The van der Waals surface area contributed by atoms with Crippen LogP contribution in [0.5, 0.6) is 0 Å². The van der Waals surface area contributed by atoms with Crippen molar-refractivity contribution in [2.24, 2.45) is 0 Å². The molecule has 1 saturated heterocycles. The second-order valence-electron chi connectivity index (χ2n) is 3.54. The average Bonchev–Trinajstić information content (AvgIpc) is 2.77. The Kier molecular flexibility index (Phi) is 1.63. The van der Waals surface area contributed by atoms with Gasteiger partial charge in [0, 0.05) is 23.7 Å². The third kappa shape index (κ3) is 0.898. The predicted molar refractivity (Wildman–Crippen MR) is 57.2 cm³/mol. The lowest BCUT2D eigenvalue weighted by Crippen LogP contribution is -2.34. The molecule has 72 valence electrons. The summed E-state index contributed by atoms with van der Waals surface area (Å²) in [6, 6.07) is 7.93. The lowest BCUT2D eigenvalue weighted by atomic mass is 10.00. The summed E-state index contributed by atoms with van der Waals surface area (Å²) < 4.78 is -0.364. The Morgan fingerprint density at radius 1 is 1.36 bits per heavy atom. The van der Waals surface area contributed by atoms with Crippen LogP contribution < -0.4 is 10.6 Å². The van der Waals surface area contributed by atoms with Crippen LogP contribution in [0.15, 0.2) is 24.3 Å². The molecular formula is C10H10N2OS. The molecule has 1 fully saturated rings. The third-order valence-corrected chi connectivity index (χ3v) is 4.16.